The van der Waals surface area contributed by atoms with Crippen LogP contribution in [0.1, 0.15) is 12.5 Å². The van der Waals surface area contributed by atoms with E-state index in [4.69, 9.17) is 0 Å². The Morgan fingerprint density at radius 2 is 1.76 bits per heavy atom. The first-order valence-electron chi connectivity index (χ1n) is 9.30. The van der Waals surface area contributed by atoms with E-state index in [0.29, 0.717) is 12.1 Å². The van der Waals surface area contributed by atoms with Gasteiger partial charge in [0.25, 0.3) is 0 Å². The average molecular weight is 404 g/mol. The molecule has 1 fully saturated rings. The molecule has 146 valence electrons. The number of hydrogen-bond donors (Lipinski definition) is 2. The molecular formula is C23H20N2O3S. The van der Waals surface area contributed by atoms with Crippen LogP contribution < -0.4 is 10.6 Å². The first kappa shape index (κ1) is 19.1. The molecule has 0 bridgehead atoms. The lowest BCUT2D eigenvalue weighted by Crippen LogP contribution is -2.45. The second kappa shape index (κ2) is 7.64. The van der Waals surface area contributed by atoms with E-state index < -0.39 is 29.1 Å². The Kier molecular flexibility index (Phi) is 5.03. The van der Waals surface area contributed by atoms with E-state index in [1.165, 1.54) is 0 Å². The number of carbonyl (C=O) groups is 3. The molecule has 2 aromatic carbocycles. The quantitative estimate of drug-likeness (QED) is 0.637. The Hall–Kier alpha value is -3.25. The van der Waals surface area contributed by atoms with Gasteiger partial charge in [-0.25, -0.2) is 0 Å². The largest absolute Gasteiger partial charge is 0.342 e. The minimum atomic E-state index is -1.35. The van der Waals surface area contributed by atoms with Gasteiger partial charge in [-0.1, -0.05) is 42.5 Å². The van der Waals surface area contributed by atoms with Crippen LogP contribution in [0.15, 0.2) is 71.4 Å². The van der Waals surface area contributed by atoms with Crippen LogP contribution in [0, 0.1) is 5.92 Å². The van der Waals surface area contributed by atoms with Gasteiger partial charge in [0.2, 0.25) is 11.8 Å². The lowest BCUT2D eigenvalue weighted by atomic mass is 9.86. The molecule has 2 N–H and O–H groups in total. The summed E-state index contributed by atoms with van der Waals surface area (Å²) in [6.07, 6.45) is 0.345. The van der Waals surface area contributed by atoms with Crippen LogP contribution >= 0.6 is 11.3 Å². The van der Waals surface area contributed by atoms with Gasteiger partial charge < -0.3 is 10.6 Å². The van der Waals surface area contributed by atoms with Crippen molar-refractivity contribution in [2.45, 2.75) is 18.9 Å². The molecule has 0 saturated carbocycles. The number of hydrogen-bond acceptors (Lipinski definition) is 4. The van der Waals surface area contributed by atoms with E-state index in [-0.39, 0.29) is 0 Å². The Labute approximate surface area is 172 Å². The van der Waals surface area contributed by atoms with Crippen LogP contribution in [0.25, 0.3) is 11.1 Å². The fraction of sp³-hybridized carbons (Fsp3) is 0.174. The van der Waals surface area contributed by atoms with Gasteiger partial charge in [-0.15, -0.1) is 0 Å². The van der Waals surface area contributed by atoms with Crippen molar-refractivity contribution in [2.75, 3.05) is 5.32 Å². The number of rotatable bonds is 5. The molecular weight excluding hydrogens is 384 g/mol. The van der Waals surface area contributed by atoms with Crippen LogP contribution in [0.4, 0.5) is 5.69 Å². The molecule has 1 aliphatic rings. The smallest absolute Gasteiger partial charge is 0.244 e. The van der Waals surface area contributed by atoms with Crippen molar-refractivity contribution < 1.29 is 14.4 Å². The highest BCUT2D eigenvalue weighted by Gasteiger charge is 2.52. The fourth-order valence-corrected chi connectivity index (χ4v) is 4.27. The molecule has 1 saturated heterocycles. The molecule has 4 rings (SSSR count). The average Bonchev–Trinajstić information content (AvgIpc) is 3.30. The van der Waals surface area contributed by atoms with E-state index >= 15 is 0 Å². The molecule has 1 aromatic heterocycles. The van der Waals surface area contributed by atoms with Crippen LogP contribution in [0.3, 0.4) is 0 Å². The second-order valence-corrected chi connectivity index (χ2v) is 8.14. The highest BCUT2D eigenvalue weighted by atomic mass is 32.1. The summed E-state index contributed by atoms with van der Waals surface area (Å²) in [6.45, 7) is 1.67. The maximum absolute atomic E-state index is 12.9. The van der Waals surface area contributed by atoms with Crippen LogP contribution in [-0.2, 0) is 20.8 Å². The van der Waals surface area contributed by atoms with Gasteiger partial charge in [0, 0.05) is 12.1 Å². The van der Waals surface area contributed by atoms with E-state index in [1.807, 2.05) is 59.3 Å². The van der Waals surface area contributed by atoms with Gasteiger partial charge in [-0.2, -0.15) is 11.3 Å². The Balaban J connectivity index is 1.47. The standard InChI is InChI=1S/C23H20N2O3S/c1-23(13-15-5-3-2-4-6-15)20(26)19(22(28)25-23)21(27)24-18-9-7-16(8-10-18)17-11-12-29-14-17/h2-12,14,19H,13H2,1H3,(H,24,27)(H,25,28). The van der Waals surface area contributed by atoms with Crippen molar-refractivity contribution in [3.8, 4) is 11.1 Å². The number of amides is 2. The molecule has 2 atom stereocenters. The zero-order chi connectivity index (χ0) is 20.4. The number of benzene rings is 2. The summed E-state index contributed by atoms with van der Waals surface area (Å²) in [4.78, 5) is 38.1. The number of ketones is 1. The molecule has 29 heavy (non-hydrogen) atoms. The minimum Gasteiger partial charge on any atom is -0.342 e. The Bertz CT molecular complexity index is 1050. The molecule has 6 heteroatoms. The van der Waals surface area contributed by atoms with Gasteiger partial charge in [0.1, 0.15) is 5.54 Å². The van der Waals surface area contributed by atoms with Crippen molar-refractivity contribution in [3.05, 3.63) is 77.0 Å². The van der Waals surface area contributed by atoms with E-state index in [2.05, 4.69) is 10.6 Å². The summed E-state index contributed by atoms with van der Waals surface area (Å²) in [6, 6.07) is 18.8. The van der Waals surface area contributed by atoms with Gasteiger partial charge in [-0.3, -0.25) is 14.4 Å². The van der Waals surface area contributed by atoms with Crippen molar-refractivity contribution in [1.29, 1.82) is 0 Å². The number of nitrogens with one attached hydrogen (secondary N) is 2. The first-order valence-corrected chi connectivity index (χ1v) is 10.2. The number of thiophene rings is 1. The molecule has 0 spiro atoms. The Morgan fingerprint density at radius 3 is 2.41 bits per heavy atom. The molecule has 5 nitrogen and oxygen atoms in total. The molecule has 2 heterocycles. The summed E-state index contributed by atoms with van der Waals surface area (Å²) in [5, 5.41) is 9.47. The predicted octanol–water partition coefficient (Wildman–Crippen LogP) is 3.67. The van der Waals surface area contributed by atoms with Crippen LogP contribution in [0.2, 0.25) is 0 Å². The molecule has 2 amide bonds. The molecule has 0 aliphatic carbocycles. The number of anilines is 1. The predicted molar refractivity (Wildman–Crippen MR) is 114 cm³/mol. The molecule has 0 radical (unpaired) electrons. The summed E-state index contributed by atoms with van der Waals surface area (Å²) >= 11 is 1.62. The third-order valence-corrected chi connectivity index (χ3v) is 5.82. The third-order valence-electron chi connectivity index (χ3n) is 5.14. The first-order chi connectivity index (χ1) is 14.0. The maximum Gasteiger partial charge on any atom is 0.244 e. The van der Waals surface area contributed by atoms with E-state index in [9.17, 15) is 14.4 Å². The summed E-state index contributed by atoms with van der Waals surface area (Å²) in [5.41, 5.74) is 2.52. The number of carbonyl (C=O) groups excluding carboxylic acids is 3. The topological polar surface area (TPSA) is 75.3 Å². The van der Waals surface area contributed by atoms with Gasteiger partial charge in [0.05, 0.1) is 0 Å². The fourth-order valence-electron chi connectivity index (χ4n) is 3.61. The highest BCUT2D eigenvalue weighted by molar-refractivity contribution is 7.08. The van der Waals surface area contributed by atoms with E-state index in [1.54, 1.807) is 30.4 Å². The summed E-state index contributed by atoms with van der Waals surface area (Å²) in [5.74, 6) is -2.91. The monoisotopic (exact) mass is 404 g/mol. The van der Waals surface area contributed by atoms with Gasteiger partial charge in [0.15, 0.2) is 11.7 Å². The third kappa shape index (κ3) is 3.84. The van der Waals surface area contributed by atoms with Crippen molar-refractivity contribution >= 4 is 34.6 Å². The second-order valence-electron chi connectivity index (χ2n) is 7.36. The van der Waals surface area contributed by atoms with Crippen LogP contribution in [-0.4, -0.2) is 23.1 Å². The highest BCUT2D eigenvalue weighted by Crippen LogP contribution is 2.27. The molecule has 1 aliphatic heterocycles. The van der Waals surface area contributed by atoms with Crippen molar-refractivity contribution in [1.82, 2.24) is 5.32 Å². The van der Waals surface area contributed by atoms with Crippen molar-refractivity contribution in [3.63, 3.8) is 0 Å². The van der Waals surface area contributed by atoms with Gasteiger partial charge in [-0.05, 0) is 52.6 Å². The van der Waals surface area contributed by atoms with E-state index in [0.717, 1.165) is 16.7 Å². The SMILES string of the molecule is CC1(Cc2ccccc2)NC(=O)C(C(=O)Nc2ccc(-c3ccsc3)cc2)C1=O. The normalized spacial score (nSPS) is 21.1. The summed E-state index contributed by atoms with van der Waals surface area (Å²) in [7, 11) is 0. The minimum absolute atomic E-state index is 0.345. The maximum atomic E-state index is 12.9. The Morgan fingerprint density at radius 1 is 1.03 bits per heavy atom. The molecule has 3 aromatic rings. The summed E-state index contributed by atoms with van der Waals surface area (Å²) < 4.78 is 0. The molecule has 2 unspecified atom stereocenters. The zero-order valence-corrected chi connectivity index (χ0v) is 16.7. The van der Waals surface area contributed by atoms with Gasteiger partial charge >= 0.3 is 0 Å². The van der Waals surface area contributed by atoms with Crippen LogP contribution in [0.5, 0.6) is 0 Å². The van der Waals surface area contributed by atoms with Crippen molar-refractivity contribution in [2.24, 2.45) is 5.92 Å². The zero-order valence-electron chi connectivity index (χ0n) is 15.8. The number of Topliss-reactive ketones (excluding diaryl/α,β-unsaturated/α-hetero) is 1. The lowest BCUT2D eigenvalue weighted by molar-refractivity contribution is -0.135. The lowest BCUT2D eigenvalue weighted by Gasteiger charge is -2.22.